The highest BCUT2D eigenvalue weighted by Crippen LogP contribution is 2.26. The van der Waals surface area contributed by atoms with Gasteiger partial charge in [0, 0.05) is 5.39 Å². The molecule has 0 unspecified atom stereocenters. The van der Waals surface area contributed by atoms with Gasteiger partial charge in [-0.3, -0.25) is 4.40 Å². The van der Waals surface area contributed by atoms with Crippen LogP contribution in [-0.4, -0.2) is 21.7 Å². The SMILES string of the molecule is COc1ccc2c(c1)cc1c(NN)nncn12.Cl. The third-order valence-corrected chi connectivity index (χ3v) is 2.75. The van der Waals surface area contributed by atoms with Gasteiger partial charge < -0.3 is 10.2 Å². The molecule has 18 heavy (non-hydrogen) atoms. The Hall–Kier alpha value is -2.05. The lowest BCUT2D eigenvalue weighted by atomic mass is 10.2. The van der Waals surface area contributed by atoms with E-state index in [-0.39, 0.29) is 12.4 Å². The summed E-state index contributed by atoms with van der Waals surface area (Å²) in [6.45, 7) is 0. The van der Waals surface area contributed by atoms with E-state index in [9.17, 15) is 0 Å². The van der Waals surface area contributed by atoms with Crippen molar-refractivity contribution in [1.29, 1.82) is 0 Å². The molecular weight excluding hydrogens is 254 g/mol. The monoisotopic (exact) mass is 265 g/mol. The molecule has 3 aromatic rings. The van der Waals surface area contributed by atoms with Gasteiger partial charge in [-0.05, 0) is 24.3 Å². The Labute approximate surface area is 109 Å². The fraction of sp³-hybridized carbons (Fsp3) is 0.0909. The largest absolute Gasteiger partial charge is 0.497 e. The van der Waals surface area contributed by atoms with E-state index in [0.717, 1.165) is 22.2 Å². The molecule has 0 amide bonds. The Kier molecular flexibility index (Phi) is 3.22. The highest BCUT2D eigenvalue weighted by Gasteiger charge is 2.08. The number of nitrogens with one attached hydrogen (secondary N) is 1. The standard InChI is InChI=1S/C11H11N5O.ClH/c1-17-8-2-3-9-7(4-8)5-10-11(14-12)15-13-6-16(9)10;/h2-6H,12H2,1H3,(H,14,15);1H. The van der Waals surface area contributed by atoms with Gasteiger partial charge >= 0.3 is 0 Å². The molecule has 94 valence electrons. The third kappa shape index (κ3) is 1.71. The number of nitrogens with zero attached hydrogens (tertiary/aromatic N) is 3. The van der Waals surface area contributed by atoms with Gasteiger partial charge in [0.2, 0.25) is 0 Å². The minimum Gasteiger partial charge on any atom is -0.497 e. The second-order valence-electron chi connectivity index (χ2n) is 3.65. The number of rotatable bonds is 2. The predicted octanol–water partition coefficient (Wildman–Crippen LogP) is 1.60. The summed E-state index contributed by atoms with van der Waals surface area (Å²) in [5.74, 6) is 6.76. The van der Waals surface area contributed by atoms with E-state index in [2.05, 4.69) is 15.6 Å². The number of hydrogen-bond donors (Lipinski definition) is 2. The number of benzene rings is 1. The fourth-order valence-electron chi connectivity index (χ4n) is 1.94. The molecule has 0 aliphatic heterocycles. The highest BCUT2D eigenvalue weighted by atomic mass is 35.5. The fourth-order valence-corrected chi connectivity index (χ4v) is 1.94. The number of methoxy groups -OCH3 is 1. The van der Waals surface area contributed by atoms with Crippen molar-refractivity contribution in [3.63, 3.8) is 0 Å². The topological polar surface area (TPSA) is 77.5 Å². The molecule has 0 saturated heterocycles. The minimum atomic E-state index is 0. The summed E-state index contributed by atoms with van der Waals surface area (Å²) < 4.78 is 7.12. The van der Waals surface area contributed by atoms with Gasteiger partial charge in [0.15, 0.2) is 5.82 Å². The van der Waals surface area contributed by atoms with Gasteiger partial charge in [-0.2, -0.15) is 0 Å². The Morgan fingerprint density at radius 3 is 2.83 bits per heavy atom. The van der Waals surface area contributed by atoms with Crippen molar-refractivity contribution in [2.45, 2.75) is 0 Å². The van der Waals surface area contributed by atoms with Gasteiger partial charge in [0.25, 0.3) is 0 Å². The first kappa shape index (κ1) is 12.4. The van der Waals surface area contributed by atoms with Crippen molar-refractivity contribution in [2.75, 3.05) is 12.5 Å². The molecule has 7 heteroatoms. The molecule has 0 atom stereocenters. The number of ether oxygens (including phenoxy) is 1. The maximum Gasteiger partial charge on any atom is 0.187 e. The average molecular weight is 266 g/mol. The first-order valence-electron chi connectivity index (χ1n) is 5.10. The number of halogens is 1. The van der Waals surface area contributed by atoms with Gasteiger partial charge in [-0.15, -0.1) is 22.6 Å². The van der Waals surface area contributed by atoms with Crippen LogP contribution in [0, 0.1) is 0 Å². The van der Waals surface area contributed by atoms with Crippen LogP contribution in [0.15, 0.2) is 30.6 Å². The lowest BCUT2D eigenvalue weighted by Gasteiger charge is -2.01. The zero-order chi connectivity index (χ0) is 11.8. The Balaban J connectivity index is 0.00000120. The first-order chi connectivity index (χ1) is 8.33. The molecule has 0 aliphatic rings. The molecule has 6 nitrogen and oxygen atoms in total. The van der Waals surface area contributed by atoms with Crippen LogP contribution in [0.1, 0.15) is 0 Å². The summed E-state index contributed by atoms with van der Waals surface area (Å²) in [5, 5.41) is 8.86. The number of fused-ring (bicyclic) bond motifs is 3. The van der Waals surface area contributed by atoms with Gasteiger partial charge in [0.1, 0.15) is 12.1 Å². The molecule has 0 spiro atoms. The molecule has 0 fully saturated rings. The third-order valence-electron chi connectivity index (χ3n) is 2.75. The first-order valence-corrected chi connectivity index (χ1v) is 5.10. The zero-order valence-corrected chi connectivity index (χ0v) is 10.4. The van der Waals surface area contributed by atoms with Crippen LogP contribution in [0.4, 0.5) is 5.82 Å². The number of hydrazine groups is 1. The van der Waals surface area contributed by atoms with E-state index < -0.39 is 0 Å². The summed E-state index contributed by atoms with van der Waals surface area (Å²) in [6.07, 6.45) is 1.66. The maximum atomic E-state index is 5.40. The summed E-state index contributed by atoms with van der Waals surface area (Å²) in [4.78, 5) is 0. The van der Waals surface area contributed by atoms with E-state index >= 15 is 0 Å². The number of aromatic nitrogens is 3. The van der Waals surface area contributed by atoms with Crippen molar-refractivity contribution >= 4 is 34.6 Å². The van der Waals surface area contributed by atoms with Crippen molar-refractivity contribution < 1.29 is 4.74 Å². The Bertz CT molecular complexity index is 696. The summed E-state index contributed by atoms with van der Waals surface area (Å²) in [5.41, 5.74) is 4.45. The second kappa shape index (κ2) is 4.67. The summed E-state index contributed by atoms with van der Waals surface area (Å²) >= 11 is 0. The van der Waals surface area contributed by atoms with Crippen LogP contribution in [-0.2, 0) is 0 Å². The highest BCUT2D eigenvalue weighted by molar-refractivity contribution is 5.91. The van der Waals surface area contributed by atoms with Crippen molar-refractivity contribution in [1.82, 2.24) is 14.6 Å². The van der Waals surface area contributed by atoms with Crippen LogP contribution in [0.25, 0.3) is 16.4 Å². The molecule has 0 radical (unpaired) electrons. The van der Waals surface area contributed by atoms with Gasteiger partial charge in [-0.1, -0.05) is 0 Å². The van der Waals surface area contributed by atoms with Crippen molar-refractivity contribution in [3.8, 4) is 5.75 Å². The number of nitrogen functional groups attached to an aromatic ring is 1. The smallest absolute Gasteiger partial charge is 0.187 e. The minimum absolute atomic E-state index is 0. The van der Waals surface area contributed by atoms with E-state index in [0.29, 0.717) is 5.82 Å². The Morgan fingerprint density at radius 2 is 2.11 bits per heavy atom. The lowest BCUT2D eigenvalue weighted by Crippen LogP contribution is -2.10. The van der Waals surface area contributed by atoms with Crippen molar-refractivity contribution in [3.05, 3.63) is 30.6 Å². The molecule has 0 aliphatic carbocycles. The summed E-state index contributed by atoms with van der Waals surface area (Å²) in [7, 11) is 1.65. The summed E-state index contributed by atoms with van der Waals surface area (Å²) in [6, 6.07) is 7.83. The van der Waals surface area contributed by atoms with Crippen LogP contribution in [0.2, 0.25) is 0 Å². The molecular formula is C11H12ClN5O. The molecule has 2 aromatic heterocycles. The van der Waals surface area contributed by atoms with Crippen LogP contribution in [0.3, 0.4) is 0 Å². The zero-order valence-electron chi connectivity index (χ0n) is 9.62. The molecule has 3 N–H and O–H groups in total. The van der Waals surface area contributed by atoms with E-state index in [1.165, 1.54) is 0 Å². The normalized spacial score (nSPS) is 10.3. The van der Waals surface area contributed by atoms with Crippen LogP contribution >= 0.6 is 12.4 Å². The number of nitrogens with two attached hydrogens (primary N) is 1. The molecule has 1 aromatic carbocycles. The molecule has 0 saturated carbocycles. The molecule has 0 bridgehead atoms. The number of anilines is 1. The Morgan fingerprint density at radius 1 is 1.28 bits per heavy atom. The maximum absolute atomic E-state index is 5.40. The van der Waals surface area contributed by atoms with E-state index in [4.69, 9.17) is 10.6 Å². The van der Waals surface area contributed by atoms with Crippen LogP contribution < -0.4 is 16.0 Å². The quantitative estimate of drug-likeness (QED) is 0.544. The van der Waals surface area contributed by atoms with Crippen LogP contribution in [0.5, 0.6) is 5.75 Å². The van der Waals surface area contributed by atoms with Crippen molar-refractivity contribution in [2.24, 2.45) is 5.84 Å². The number of hydrogen-bond acceptors (Lipinski definition) is 5. The van der Waals surface area contributed by atoms with E-state index in [1.54, 1.807) is 13.4 Å². The van der Waals surface area contributed by atoms with Gasteiger partial charge in [-0.25, -0.2) is 5.84 Å². The van der Waals surface area contributed by atoms with E-state index in [1.807, 2.05) is 28.7 Å². The second-order valence-corrected chi connectivity index (χ2v) is 3.65. The lowest BCUT2D eigenvalue weighted by molar-refractivity contribution is 0.415. The van der Waals surface area contributed by atoms with Gasteiger partial charge in [0.05, 0.1) is 18.1 Å². The average Bonchev–Trinajstić information content (AvgIpc) is 2.75. The predicted molar refractivity (Wildman–Crippen MR) is 72.1 cm³/mol. The molecule has 2 heterocycles. The molecule has 3 rings (SSSR count).